The number of rotatable bonds is 3. The largest absolute Gasteiger partial charge is 0.464 e. The summed E-state index contributed by atoms with van der Waals surface area (Å²) in [5.74, 6) is -0.807. The van der Waals surface area contributed by atoms with E-state index in [1.807, 2.05) is 0 Å². The van der Waals surface area contributed by atoms with Gasteiger partial charge in [0.2, 0.25) is 0 Å². The molecule has 2 N–H and O–H groups in total. The molecule has 6 nitrogen and oxygen atoms in total. The Hall–Kier alpha value is -2.15. The number of anilines is 1. The first-order valence-electron chi connectivity index (χ1n) is 6.82. The zero-order valence-electron chi connectivity index (χ0n) is 11.8. The minimum absolute atomic E-state index is 0.267. The van der Waals surface area contributed by atoms with Gasteiger partial charge in [-0.05, 0) is 31.2 Å². The van der Waals surface area contributed by atoms with Crippen LogP contribution in [0.25, 0.3) is 0 Å². The SMILES string of the molecule is CCOC(=O)C1CNCCN1C(=O)Nc1ccc(F)cc1. The third-order valence-corrected chi connectivity index (χ3v) is 3.16. The third kappa shape index (κ3) is 3.91. The zero-order chi connectivity index (χ0) is 15.2. The number of esters is 1. The molecule has 0 saturated carbocycles. The summed E-state index contributed by atoms with van der Waals surface area (Å²) >= 11 is 0. The van der Waals surface area contributed by atoms with E-state index >= 15 is 0 Å². The molecule has 2 rings (SSSR count). The number of carbonyl (C=O) groups excluding carboxylic acids is 2. The predicted molar refractivity (Wildman–Crippen MR) is 75.4 cm³/mol. The Kier molecular flexibility index (Phi) is 5.10. The molecule has 1 atom stereocenters. The van der Waals surface area contributed by atoms with Crippen molar-refractivity contribution in [3.8, 4) is 0 Å². The van der Waals surface area contributed by atoms with Crippen LogP contribution in [0.2, 0.25) is 0 Å². The van der Waals surface area contributed by atoms with Crippen molar-refractivity contribution in [1.29, 1.82) is 0 Å². The molecule has 1 heterocycles. The van der Waals surface area contributed by atoms with Crippen LogP contribution in [0, 0.1) is 5.82 Å². The van der Waals surface area contributed by atoms with Crippen molar-refractivity contribution in [3.63, 3.8) is 0 Å². The van der Waals surface area contributed by atoms with E-state index in [4.69, 9.17) is 4.74 Å². The summed E-state index contributed by atoms with van der Waals surface area (Å²) in [6.07, 6.45) is 0. The molecule has 1 aromatic carbocycles. The van der Waals surface area contributed by atoms with Crippen molar-refractivity contribution in [2.45, 2.75) is 13.0 Å². The van der Waals surface area contributed by atoms with E-state index in [-0.39, 0.29) is 12.4 Å². The number of amides is 2. The van der Waals surface area contributed by atoms with Gasteiger partial charge in [-0.15, -0.1) is 0 Å². The minimum atomic E-state index is -0.654. The van der Waals surface area contributed by atoms with Crippen molar-refractivity contribution in [3.05, 3.63) is 30.1 Å². The smallest absolute Gasteiger partial charge is 0.330 e. The van der Waals surface area contributed by atoms with Crippen LogP contribution >= 0.6 is 0 Å². The summed E-state index contributed by atoms with van der Waals surface area (Å²) in [4.78, 5) is 25.6. The molecular formula is C14H18FN3O3. The second-order valence-corrected chi connectivity index (χ2v) is 4.60. The fourth-order valence-electron chi connectivity index (χ4n) is 2.12. The van der Waals surface area contributed by atoms with Crippen molar-refractivity contribution in [2.75, 3.05) is 31.6 Å². The van der Waals surface area contributed by atoms with Crippen molar-refractivity contribution < 1.29 is 18.7 Å². The maximum atomic E-state index is 12.8. The number of carbonyl (C=O) groups is 2. The molecule has 7 heteroatoms. The van der Waals surface area contributed by atoms with E-state index in [1.165, 1.54) is 29.2 Å². The van der Waals surface area contributed by atoms with Gasteiger partial charge < -0.3 is 20.3 Å². The van der Waals surface area contributed by atoms with Gasteiger partial charge in [0.25, 0.3) is 0 Å². The highest BCUT2D eigenvalue weighted by atomic mass is 19.1. The average Bonchev–Trinajstić information content (AvgIpc) is 2.50. The Morgan fingerprint density at radius 3 is 2.81 bits per heavy atom. The van der Waals surface area contributed by atoms with Gasteiger partial charge in [-0.2, -0.15) is 0 Å². The summed E-state index contributed by atoms with van der Waals surface area (Å²) < 4.78 is 17.8. The van der Waals surface area contributed by atoms with Crippen LogP contribution in [-0.2, 0) is 9.53 Å². The number of ether oxygens (including phenoxy) is 1. The molecule has 1 aromatic rings. The van der Waals surface area contributed by atoms with Gasteiger partial charge in [-0.25, -0.2) is 14.0 Å². The van der Waals surface area contributed by atoms with Gasteiger partial charge in [-0.3, -0.25) is 0 Å². The number of hydrogen-bond acceptors (Lipinski definition) is 4. The second-order valence-electron chi connectivity index (χ2n) is 4.60. The Morgan fingerprint density at radius 1 is 1.43 bits per heavy atom. The highest BCUT2D eigenvalue weighted by Crippen LogP contribution is 2.12. The molecular weight excluding hydrogens is 277 g/mol. The maximum Gasteiger partial charge on any atom is 0.330 e. The number of nitrogens with zero attached hydrogens (tertiary/aromatic N) is 1. The quantitative estimate of drug-likeness (QED) is 0.822. The van der Waals surface area contributed by atoms with Crippen molar-refractivity contribution in [1.82, 2.24) is 10.2 Å². The summed E-state index contributed by atoms with van der Waals surface area (Å²) in [6.45, 7) is 3.35. The first kappa shape index (κ1) is 15.2. The molecule has 1 fully saturated rings. The van der Waals surface area contributed by atoms with Gasteiger partial charge in [0, 0.05) is 25.3 Å². The molecule has 0 bridgehead atoms. The number of benzene rings is 1. The Balaban J connectivity index is 2.04. The van der Waals surface area contributed by atoms with Crippen LogP contribution in [-0.4, -0.2) is 49.2 Å². The molecule has 0 radical (unpaired) electrons. The average molecular weight is 295 g/mol. The third-order valence-electron chi connectivity index (χ3n) is 3.16. The lowest BCUT2D eigenvalue weighted by atomic mass is 10.2. The van der Waals surface area contributed by atoms with Gasteiger partial charge in [0.1, 0.15) is 11.9 Å². The molecule has 1 aliphatic heterocycles. The minimum Gasteiger partial charge on any atom is -0.464 e. The normalized spacial score (nSPS) is 18.2. The first-order chi connectivity index (χ1) is 10.1. The molecule has 0 aromatic heterocycles. The molecule has 2 amide bonds. The Bertz CT molecular complexity index is 507. The van der Waals surface area contributed by atoms with Crippen LogP contribution in [0.3, 0.4) is 0 Å². The summed E-state index contributed by atoms with van der Waals surface area (Å²) in [5, 5.41) is 5.71. The monoisotopic (exact) mass is 295 g/mol. The zero-order valence-corrected chi connectivity index (χ0v) is 11.8. The van der Waals surface area contributed by atoms with E-state index in [0.717, 1.165) is 0 Å². The van der Waals surface area contributed by atoms with Crippen LogP contribution in [0.15, 0.2) is 24.3 Å². The number of hydrogen-bond donors (Lipinski definition) is 2. The van der Waals surface area contributed by atoms with E-state index in [0.29, 0.717) is 25.3 Å². The molecule has 1 unspecified atom stereocenters. The van der Waals surface area contributed by atoms with E-state index in [1.54, 1.807) is 6.92 Å². The van der Waals surface area contributed by atoms with Gasteiger partial charge in [0.05, 0.1) is 6.61 Å². The number of halogens is 1. The van der Waals surface area contributed by atoms with Crippen LogP contribution < -0.4 is 10.6 Å². The maximum absolute atomic E-state index is 12.8. The lowest BCUT2D eigenvalue weighted by Crippen LogP contribution is -2.58. The fourth-order valence-corrected chi connectivity index (χ4v) is 2.12. The van der Waals surface area contributed by atoms with Crippen molar-refractivity contribution in [2.24, 2.45) is 0 Å². The van der Waals surface area contributed by atoms with Crippen LogP contribution in [0.5, 0.6) is 0 Å². The van der Waals surface area contributed by atoms with E-state index in [2.05, 4.69) is 10.6 Å². The molecule has 21 heavy (non-hydrogen) atoms. The second kappa shape index (κ2) is 7.03. The van der Waals surface area contributed by atoms with Crippen LogP contribution in [0.1, 0.15) is 6.92 Å². The molecule has 1 aliphatic rings. The molecule has 1 saturated heterocycles. The van der Waals surface area contributed by atoms with Crippen molar-refractivity contribution >= 4 is 17.7 Å². The van der Waals surface area contributed by atoms with Gasteiger partial charge >= 0.3 is 12.0 Å². The summed E-state index contributed by atoms with van der Waals surface area (Å²) in [5.41, 5.74) is 0.475. The Morgan fingerprint density at radius 2 is 2.14 bits per heavy atom. The molecule has 0 aliphatic carbocycles. The van der Waals surface area contributed by atoms with E-state index < -0.39 is 18.0 Å². The van der Waals surface area contributed by atoms with E-state index in [9.17, 15) is 14.0 Å². The standard InChI is InChI=1S/C14H18FN3O3/c1-2-21-13(19)12-9-16-7-8-18(12)14(20)17-11-5-3-10(15)4-6-11/h3-6,12,16H,2,7-9H2,1H3,(H,17,20). The highest BCUT2D eigenvalue weighted by molar-refractivity contribution is 5.92. The Labute approximate surface area is 122 Å². The molecule has 114 valence electrons. The topological polar surface area (TPSA) is 70.7 Å². The summed E-state index contributed by atoms with van der Waals surface area (Å²) in [6, 6.07) is 4.40. The lowest BCUT2D eigenvalue weighted by Gasteiger charge is -2.34. The fraction of sp³-hybridized carbons (Fsp3) is 0.429. The number of urea groups is 1. The van der Waals surface area contributed by atoms with Gasteiger partial charge in [0.15, 0.2) is 0 Å². The van der Waals surface area contributed by atoms with Gasteiger partial charge in [-0.1, -0.05) is 0 Å². The lowest BCUT2D eigenvalue weighted by molar-refractivity contribution is -0.148. The number of piperazine rings is 1. The molecule has 0 spiro atoms. The first-order valence-corrected chi connectivity index (χ1v) is 6.82. The summed E-state index contributed by atoms with van der Waals surface area (Å²) in [7, 11) is 0. The highest BCUT2D eigenvalue weighted by Gasteiger charge is 2.33. The number of nitrogens with one attached hydrogen (secondary N) is 2. The predicted octanol–water partition coefficient (Wildman–Crippen LogP) is 1.19. The van der Waals surface area contributed by atoms with Crippen LogP contribution in [0.4, 0.5) is 14.9 Å².